The monoisotopic (exact) mass is 342 g/mol. The first kappa shape index (κ1) is 16.4. The number of sulfonamides is 1. The van der Waals surface area contributed by atoms with Crippen LogP contribution in [0.15, 0.2) is 53.4 Å². The first-order chi connectivity index (χ1) is 10.4. The van der Waals surface area contributed by atoms with Crippen LogP contribution in [0.3, 0.4) is 0 Å². The van der Waals surface area contributed by atoms with Gasteiger partial charge in [-0.3, -0.25) is 4.79 Å². The Morgan fingerprint density at radius 2 is 1.86 bits per heavy atom. The van der Waals surface area contributed by atoms with Gasteiger partial charge < -0.3 is 5.32 Å². The maximum atomic E-state index is 13.4. The van der Waals surface area contributed by atoms with Crippen molar-refractivity contribution in [2.75, 3.05) is 11.9 Å². The number of anilines is 1. The van der Waals surface area contributed by atoms with E-state index in [2.05, 4.69) is 10.0 Å². The molecule has 0 fully saturated rings. The van der Waals surface area contributed by atoms with Crippen molar-refractivity contribution in [3.63, 3.8) is 0 Å². The van der Waals surface area contributed by atoms with Crippen LogP contribution in [0.1, 0.15) is 0 Å². The van der Waals surface area contributed by atoms with Gasteiger partial charge in [-0.2, -0.15) is 0 Å². The molecule has 2 aromatic carbocycles. The predicted molar refractivity (Wildman–Crippen MR) is 81.7 cm³/mol. The second-order valence-corrected chi connectivity index (χ2v) is 6.51. The van der Waals surface area contributed by atoms with Gasteiger partial charge in [-0.25, -0.2) is 17.5 Å². The second kappa shape index (κ2) is 6.87. The van der Waals surface area contributed by atoms with Crippen molar-refractivity contribution in [1.29, 1.82) is 0 Å². The lowest BCUT2D eigenvalue weighted by Gasteiger charge is -2.08. The summed E-state index contributed by atoms with van der Waals surface area (Å²) in [7, 11) is -3.87. The molecule has 2 rings (SSSR count). The van der Waals surface area contributed by atoms with Crippen molar-refractivity contribution in [2.45, 2.75) is 4.90 Å². The zero-order valence-electron chi connectivity index (χ0n) is 11.2. The van der Waals surface area contributed by atoms with Crippen LogP contribution in [0, 0.1) is 5.82 Å². The number of amides is 1. The molecule has 0 atom stereocenters. The SMILES string of the molecule is O=C(CNS(=O)(=O)c1cccc(Cl)c1)Nc1ccccc1F. The van der Waals surface area contributed by atoms with Crippen molar-refractivity contribution in [3.05, 3.63) is 59.4 Å². The Morgan fingerprint density at radius 1 is 1.14 bits per heavy atom. The van der Waals surface area contributed by atoms with Crippen molar-refractivity contribution in [1.82, 2.24) is 4.72 Å². The Morgan fingerprint density at radius 3 is 2.55 bits per heavy atom. The molecule has 22 heavy (non-hydrogen) atoms. The fourth-order valence-electron chi connectivity index (χ4n) is 1.64. The van der Waals surface area contributed by atoms with E-state index in [1.807, 2.05) is 0 Å². The Kier molecular flexibility index (Phi) is 5.12. The fraction of sp³-hybridized carbons (Fsp3) is 0.0714. The van der Waals surface area contributed by atoms with E-state index in [4.69, 9.17) is 11.6 Å². The lowest BCUT2D eigenvalue weighted by atomic mass is 10.3. The third-order valence-corrected chi connectivity index (χ3v) is 4.31. The van der Waals surface area contributed by atoms with E-state index >= 15 is 0 Å². The van der Waals surface area contributed by atoms with Crippen molar-refractivity contribution >= 4 is 33.2 Å². The predicted octanol–water partition coefficient (Wildman–Crippen LogP) is 2.40. The van der Waals surface area contributed by atoms with Crippen LogP contribution in [0.25, 0.3) is 0 Å². The summed E-state index contributed by atoms with van der Waals surface area (Å²) in [5.74, 6) is -1.29. The summed E-state index contributed by atoms with van der Waals surface area (Å²) in [5.41, 5.74) is -0.0190. The molecule has 0 bridgehead atoms. The minimum absolute atomic E-state index is 0.0190. The number of nitrogens with one attached hydrogen (secondary N) is 2. The summed E-state index contributed by atoms with van der Waals surface area (Å²) in [4.78, 5) is 11.6. The molecule has 0 heterocycles. The van der Waals surface area contributed by atoms with Gasteiger partial charge in [0.2, 0.25) is 15.9 Å². The summed E-state index contributed by atoms with van der Waals surface area (Å²) in [6.45, 7) is -0.525. The minimum atomic E-state index is -3.87. The molecule has 0 aliphatic heterocycles. The molecule has 1 amide bonds. The summed E-state index contributed by atoms with van der Waals surface area (Å²) >= 11 is 5.73. The number of hydrogen-bond acceptors (Lipinski definition) is 3. The first-order valence-corrected chi connectivity index (χ1v) is 8.04. The van der Waals surface area contributed by atoms with Crippen LogP contribution in [-0.2, 0) is 14.8 Å². The smallest absolute Gasteiger partial charge is 0.241 e. The Labute approximate surface area is 132 Å². The van der Waals surface area contributed by atoms with Gasteiger partial charge in [0.05, 0.1) is 17.1 Å². The molecule has 0 spiro atoms. The molecule has 8 heteroatoms. The zero-order chi connectivity index (χ0) is 16.2. The third kappa shape index (κ3) is 4.27. The second-order valence-electron chi connectivity index (χ2n) is 4.31. The van der Waals surface area contributed by atoms with Gasteiger partial charge >= 0.3 is 0 Å². The average Bonchev–Trinajstić information content (AvgIpc) is 2.48. The van der Waals surface area contributed by atoms with Gasteiger partial charge in [0.15, 0.2) is 0 Å². The average molecular weight is 343 g/mol. The van der Waals surface area contributed by atoms with Crippen LogP contribution in [0.2, 0.25) is 5.02 Å². The van der Waals surface area contributed by atoms with Crippen LogP contribution >= 0.6 is 11.6 Å². The summed E-state index contributed by atoms with van der Waals surface area (Å²) in [6, 6.07) is 11.2. The normalized spacial score (nSPS) is 11.2. The van der Waals surface area contributed by atoms with Crippen LogP contribution < -0.4 is 10.0 Å². The number of carbonyl (C=O) groups excluding carboxylic acids is 1. The highest BCUT2D eigenvalue weighted by Gasteiger charge is 2.16. The van der Waals surface area contributed by atoms with Gasteiger partial charge in [0, 0.05) is 5.02 Å². The molecule has 5 nitrogen and oxygen atoms in total. The number of rotatable bonds is 5. The van der Waals surface area contributed by atoms with Gasteiger partial charge in [0.1, 0.15) is 5.82 Å². The Hall–Kier alpha value is -1.96. The van der Waals surface area contributed by atoms with Crippen LogP contribution in [-0.4, -0.2) is 20.9 Å². The molecule has 0 saturated heterocycles. The fourth-order valence-corrected chi connectivity index (χ4v) is 2.92. The maximum Gasteiger partial charge on any atom is 0.241 e. The van der Waals surface area contributed by atoms with E-state index in [0.29, 0.717) is 0 Å². The van der Waals surface area contributed by atoms with E-state index in [-0.39, 0.29) is 15.6 Å². The third-order valence-electron chi connectivity index (χ3n) is 2.68. The largest absolute Gasteiger partial charge is 0.322 e. The van der Waals surface area contributed by atoms with Gasteiger partial charge in [-0.15, -0.1) is 0 Å². The number of para-hydroxylation sites is 1. The van der Waals surface area contributed by atoms with Gasteiger partial charge in [0.25, 0.3) is 0 Å². The Bertz CT molecular complexity index is 796. The summed E-state index contributed by atoms with van der Waals surface area (Å²) in [6.07, 6.45) is 0. The molecule has 116 valence electrons. The molecular formula is C14H12ClFN2O3S. The van der Waals surface area contributed by atoms with Crippen LogP contribution in [0.5, 0.6) is 0 Å². The van der Waals surface area contributed by atoms with E-state index in [0.717, 1.165) is 0 Å². The van der Waals surface area contributed by atoms with E-state index < -0.39 is 28.3 Å². The van der Waals surface area contributed by atoms with Crippen molar-refractivity contribution in [2.24, 2.45) is 0 Å². The lowest BCUT2D eigenvalue weighted by molar-refractivity contribution is -0.115. The molecular weight excluding hydrogens is 331 g/mol. The van der Waals surface area contributed by atoms with Gasteiger partial charge in [-0.05, 0) is 30.3 Å². The Balaban J connectivity index is 2.00. The van der Waals surface area contributed by atoms with E-state index in [9.17, 15) is 17.6 Å². The van der Waals surface area contributed by atoms with E-state index in [1.165, 1.54) is 42.5 Å². The molecule has 0 saturated carbocycles. The zero-order valence-corrected chi connectivity index (χ0v) is 12.8. The van der Waals surface area contributed by atoms with E-state index in [1.54, 1.807) is 6.07 Å². The topological polar surface area (TPSA) is 75.3 Å². The molecule has 0 aliphatic carbocycles. The minimum Gasteiger partial charge on any atom is -0.322 e. The molecule has 0 aromatic heterocycles. The lowest BCUT2D eigenvalue weighted by Crippen LogP contribution is -2.33. The highest BCUT2D eigenvalue weighted by molar-refractivity contribution is 7.89. The number of halogens is 2. The molecule has 2 N–H and O–H groups in total. The highest BCUT2D eigenvalue weighted by Crippen LogP contribution is 2.15. The molecule has 0 radical (unpaired) electrons. The first-order valence-electron chi connectivity index (χ1n) is 6.18. The molecule has 0 unspecified atom stereocenters. The van der Waals surface area contributed by atoms with Crippen molar-refractivity contribution in [3.8, 4) is 0 Å². The van der Waals surface area contributed by atoms with Crippen LogP contribution in [0.4, 0.5) is 10.1 Å². The number of carbonyl (C=O) groups is 1. The highest BCUT2D eigenvalue weighted by atomic mass is 35.5. The molecule has 0 aliphatic rings. The molecule has 2 aromatic rings. The summed E-state index contributed by atoms with van der Waals surface area (Å²) in [5, 5.41) is 2.54. The quantitative estimate of drug-likeness (QED) is 0.876. The number of benzene rings is 2. The van der Waals surface area contributed by atoms with Crippen molar-refractivity contribution < 1.29 is 17.6 Å². The number of hydrogen-bond donors (Lipinski definition) is 2. The summed E-state index contributed by atoms with van der Waals surface area (Å²) < 4.78 is 39.5. The van der Waals surface area contributed by atoms with Gasteiger partial charge in [-0.1, -0.05) is 29.8 Å². The standard InChI is InChI=1S/C14H12ClFN2O3S/c15-10-4-3-5-11(8-10)22(20,21)17-9-14(19)18-13-7-2-1-6-12(13)16/h1-8,17H,9H2,(H,18,19). The maximum absolute atomic E-state index is 13.4.